The van der Waals surface area contributed by atoms with E-state index >= 15 is 0 Å². The van der Waals surface area contributed by atoms with E-state index in [1.54, 1.807) is 26.0 Å². The Kier molecular flexibility index (Phi) is 5.39. The summed E-state index contributed by atoms with van der Waals surface area (Å²) in [4.78, 5) is 22.6. The van der Waals surface area contributed by atoms with Crippen LogP contribution in [0.1, 0.15) is 13.8 Å². The third-order valence-corrected chi connectivity index (χ3v) is 3.28. The minimum absolute atomic E-state index is 0.178. The second kappa shape index (κ2) is 6.58. The van der Waals surface area contributed by atoms with E-state index in [0.29, 0.717) is 5.69 Å². The van der Waals surface area contributed by atoms with Crippen molar-refractivity contribution in [3.05, 3.63) is 27.8 Å². The van der Waals surface area contributed by atoms with Crippen LogP contribution in [0.4, 0.5) is 10.5 Å². The number of carboxylic acids is 1. The predicted molar refractivity (Wildman–Crippen MR) is 77.6 cm³/mol. The molecular weight excluding hydrogens is 347 g/mol. The smallest absolute Gasteiger partial charge is 0.326 e. The molecule has 0 aliphatic carbocycles. The number of benzene rings is 1. The molecule has 0 heterocycles. The van der Waals surface area contributed by atoms with E-state index in [-0.39, 0.29) is 5.92 Å². The number of rotatable bonds is 4. The Labute approximate surface area is 119 Å². The average Bonchev–Trinajstić information content (AvgIpc) is 2.28. The number of carbonyl (C=O) groups excluding carboxylic acids is 1. The molecule has 1 aromatic carbocycles. The van der Waals surface area contributed by atoms with Gasteiger partial charge in [-0.3, -0.25) is 0 Å². The van der Waals surface area contributed by atoms with Gasteiger partial charge in [-0.05, 0) is 40.6 Å². The molecule has 0 bridgehead atoms. The fraction of sp³-hybridized carbons (Fsp3) is 0.333. The summed E-state index contributed by atoms with van der Waals surface area (Å²) in [5.74, 6) is -1.22. The van der Waals surface area contributed by atoms with Gasteiger partial charge in [-0.1, -0.05) is 26.0 Å². The first kappa shape index (κ1) is 14.7. The van der Waals surface area contributed by atoms with Crippen molar-refractivity contribution in [2.24, 2.45) is 5.92 Å². The summed E-state index contributed by atoms with van der Waals surface area (Å²) < 4.78 is 0.890. The molecule has 1 rings (SSSR count). The second-order valence-electron chi connectivity index (χ2n) is 4.14. The van der Waals surface area contributed by atoms with Gasteiger partial charge in [0, 0.05) is 3.57 Å². The van der Waals surface area contributed by atoms with E-state index in [9.17, 15) is 9.59 Å². The van der Waals surface area contributed by atoms with Crippen LogP contribution in [-0.4, -0.2) is 23.1 Å². The summed E-state index contributed by atoms with van der Waals surface area (Å²) in [5.41, 5.74) is 0.656. The molecule has 0 aromatic heterocycles. The SMILES string of the molecule is CC(C)[C@@H](NC(=O)Nc1ccccc1I)C(=O)O. The summed E-state index contributed by atoms with van der Waals surface area (Å²) in [7, 11) is 0. The monoisotopic (exact) mass is 362 g/mol. The summed E-state index contributed by atoms with van der Waals surface area (Å²) in [6.45, 7) is 3.48. The third-order valence-electron chi connectivity index (χ3n) is 2.34. The molecule has 0 fully saturated rings. The van der Waals surface area contributed by atoms with E-state index in [1.807, 2.05) is 12.1 Å². The zero-order valence-corrected chi connectivity index (χ0v) is 12.3. The van der Waals surface area contributed by atoms with Crippen molar-refractivity contribution in [3.63, 3.8) is 0 Å². The lowest BCUT2D eigenvalue weighted by Gasteiger charge is -2.18. The van der Waals surface area contributed by atoms with Gasteiger partial charge in [0.1, 0.15) is 6.04 Å². The summed E-state index contributed by atoms with van der Waals surface area (Å²) in [6, 6.07) is 5.86. The zero-order valence-electron chi connectivity index (χ0n) is 10.1. The fourth-order valence-electron chi connectivity index (χ4n) is 1.38. The molecule has 2 amide bonds. The maximum absolute atomic E-state index is 11.7. The predicted octanol–water partition coefficient (Wildman–Crippen LogP) is 2.52. The topological polar surface area (TPSA) is 78.4 Å². The van der Waals surface area contributed by atoms with Crippen LogP contribution in [0.5, 0.6) is 0 Å². The second-order valence-corrected chi connectivity index (χ2v) is 5.30. The van der Waals surface area contributed by atoms with Crippen LogP contribution in [0, 0.1) is 9.49 Å². The van der Waals surface area contributed by atoms with Crippen molar-refractivity contribution in [3.8, 4) is 0 Å². The maximum atomic E-state index is 11.7. The number of aliphatic carboxylic acids is 1. The molecule has 18 heavy (non-hydrogen) atoms. The minimum atomic E-state index is -1.04. The lowest BCUT2D eigenvalue weighted by Crippen LogP contribution is -2.46. The van der Waals surface area contributed by atoms with Gasteiger partial charge in [0.2, 0.25) is 0 Å². The van der Waals surface area contributed by atoms with E-state index in [4.69, 9.17) is 5.11 Å². The van der Waals surface area contributed by atoms with Crippen molar-refractivity contribution in [2.75, 3.05) is 5.32 Å². The van der Waals surface area contributed by atoms with Crippen molar-refractivity contribution >= 4 is 40.3 Å². The van der Waals surface area contributed by atoms with Crippen molar-refractivity contribution in [2.45, 2.75) is 19.9 Å². The number of carbonyl (C=O) groups is 2. The van der Waals surface area contributed by atoms with Crippen molar-refractivity contribution in [1.82, 2.24) is 5.32 Å². The molecule has 6 heteroatoms. The Bertz CT molecular complexity index is 449. The number of hydrogen-bond donors (Lipinski definition) is 3. The molecule has 0 unspecified atom stereocenters. The number of halogens is 1. The quantitative estimate of drug-likeness (QED) is 0.721. The molecule has 1 atom stereocenters. The molecule has 5 nitrogen and oxygen atoms in total. The first-order valence-corrected chi connectivity index (χ1v) is 6.54. The Morgan fingerprint density at radius 1 is 1.28 bits per heavy atom. The molecule has 0 aliphatic heterocycles. The number of carboxylic acid groups (broad SMARTS) is 1. The number of urea groups is 1. The van der Waals surface area contributed by atoms with Crippen LogP contribution in [0.25, 0.3) is 0 Å². The van der Waals surface area contributed by atoms with Gasteiger partial charge in [0.05, 0.1) is 5.69 Å². The largest absolute Gasteiger partial charge is 0.480 e. The van der Waals surface area contributed by atoms with Gasteiger partial charge in [0.15, 0.2) is 0 Å². The van der Waals surface area contributed by atoms with Gasteiger partial charge in [-0.15, -0.1) is 0 Å². The molecule has 3 N–H and O–H groups in total. The van der Waals surface area contributed by atoms with Crippen LogP contribution < -0.4 is 10.6 Å². The van der Waals surface area contributed by atoms with Crippen LogP contribution in [0.3, 0.4) is 0 Å². The first-order chi connectivity index (χ1) is 8.41. The summed E-state index contributed by atoms with van der Waals surface area (Å²) in [6.07, 6.45) is 0. The Balaban J connectivity index is 2.67. The molecule has 0 spiro atoms. The Morgan fingerprint density at radius 2 is 1.89 bits per heavy atom. The number of hydrogen-bond acceptors (Lipinski definition) is 2. The fourth-order valence-corrected chi connectivity index (χ4v) is 1.90. The third kappa shape index (κ3) is 4.17. The lowest BCUT2D eigenvalue weighted by atomic mass is 10.1. The van der Waals surface area contributed by atoms with Gasteiger partial charge in [0.25, 0.3) is 0 Å². The number of nitrogens with one attached hydrogen (secondary N) is 2. The van der Waals surface area contributed by atoms with E-state index in [0.717, 1.165) is 3.57 Å². The highest BCUT2D eigenvalue weighted by Crippen LogP contribution is 2.16. The summed E-state index contributed by atoms with van der Waals surface area (Å²) >= 11 is 2.10. The van der Waals surface area contributed by atoms with Crippen molar-refractivity contribution in [1.29, 1.82) is 0 Å². The molecule has 0 aliphatic rings. The van der Waals surface area contributed by atoms with Gasteiger partial charge < -0.3 is 15.7 Å². The summed E-state index contributed by atoms with van der Waals surface area (Å²) in [5, 5.41) is 14.0. The highest BCUT2D eigenvalue weighted by atomic mass is 127. The minimum Gasteiger partial charge on any atom is -0.480 e. The number of para-hydroxylation sites is 1. The first-order valence-electron chi connectivity index (χ1n) is 5.46. The molecular formula is C12H15IN2O3. The van der Waals surface area contributed by atoms with Gasteiger partial charge in [-0.2, -0.15) is 0 Å². The Hall–Kier alpha value is -1.31. The molecule has 98 valence electrons. The van der Waals surface area contributed by atoms with Crippen LogP contribution in [-0.2, 0) is 4.79 Å². The average molecular weight is 362 g/mol. The van der Waals surface area contributed by atoms with Crippen LogP contribution in [0.15, 0.2) is 24.3 Å². The van der Waals surface area contributed by atoms with Crippen molar-refractivity contribution < 1.29 is 14.7 Å². The zero-order chi connectivity index (χ0) is 13.7. The van der Waals surface area contributed by atoms with E-state index in [2.05, 4.69) is 33.2 Å². The number of amides is 2. The van der Waals surface area contributed by atoms with E-state index < -0.39 is 18.0 Å². The maximum Gasteiger partial charge on any atom is 0.326 e. The van der Waals surface area contributed by atoms with Crippen LogP contribution >= 0.6 is 22.6 Å². The van der Waals surface area contributed by atoms with Gasteiger partial charge >= 0.3 is 12.0 Å². The molecule has 0 saturated carbocycles. The standard InChI is InChI=1S/C12H15IN2O3/c1-7(2)10(11(16)17)15-12(18)14-9-6-4-3-5-8(9)13/h3-7,10H,1-2H3,(H,16,17)(H2,14,15,18)/t10-/m1/s1. The Morgan fingerprint density at radius 3 is 2.39 bits per heavy atom. The van der Waals surface area contributed by atoms with Crippen LogP contribution in [0.2, 0.25) is 0 Å². The van der Waals surface area contributed by atoms with Gasteiger partial charge in [-0.25, -0.2) is 9.59 Å². The van der Waals surface area contributed by atoms with E-state index in [1.165, 1.54) is 0 Å². The highest BCUT2D eigenvalue weighted by molar-refractivity contribution is 14.1. The highest BCUT2D eigenvalue weighted by Gasteiger charge is 2.23. The molecule has 1 aromatic rings. The molecule has 0 saturated heterocycles. The normalized spacial score (nSPS) is 12.0. The lowest BCUT2D eigenvalue weighted by molar-refractivity contribution is -0.140. The number of anilines is 1. The molecule has 0 radical (unpaired) electrons.